The van der Waals surface area contributed by atoms with Crippen LogP contribution in [0.15, 0.2) is 0 Å². The molecule has 20 heavy (non-hydrogen) atoms. The predicted octanol–water partition coefficient (Wildman–Crippen LogP) is 0.274. The largest absolute Gasteiger partial charge is 0.331 e. The minimum absolute atomic E-state index is 0.0508. The number of carbonyl (C=O) groups excluding carboxylic acids is 1. The highest BCUT2D eigenvalue weighted by atomic mass is 16.2. The average Bonchev–Trinajstić information content (AvgIpc) is 2.47. The van der Waals surface area contributed by atoms with Crippen LogP contribution in [0.5, 0.6) is 0 Å². The van der Waals surface area contributed by atoms with Crippen LogP contribution in [0.1, 0.15) is 12.8 Å². The lowest BCUT2D eigenvalue weighted by Crippen LogP contribution is -2.60. The summed E-state index contributed by atoms with van der Waals surface area (Å²) < 4.78 is 0. The molecule has 6 nitrogen and oxygen atoms in total. The number of piperidine rings is 1. The van der Waals surface area contributed by atoms with Crippen LogP contribution >= 0.6 is 0 Å². The van der Waals surface area contributed by atoms with E-state index in [0.29, 0.717) is 13.1 Å². The van der Waals surface area contributed by atoms with E-state index in [1.165, 1.54) is 0 Å². The van der Waals surface area contributed by atoms with E-state index in [4.69, 9.17) is 0 Å². The SMILES string of the molecule is CN1CCN(C2(C#N)CCN(C(=O)N(C)C)CC2)CC1. The minimum Gasteiger partial charge on any atom is -0.331 e. The molecule has 0 aromatic carbocycles. The van der Waals surface area contributed by atoms with E-state index in [1.54, 1.807) is 19.0 Å². The monoisotopic (exact) mass is 279 g/mol. The Labute approximate surface area is 121 Å². The first-order valence-corrected chi connectivity index (χ1v) is 7.29. The molecule has 0 aromatic rings. The number of piperazine rings is 1. The molecule has 2 fully saturated rings. The van der Waals surface area contributed by atoms with Crippen molar-refractivity contribution in [1.29, 1.82) is 5.26 Å². The number of likely N-dealkylation sites (tertiary alicyclic amines) is 1. The molecule has 0 bridgehead atoms. The van der Waals surface area contributed by atoms with Crippen molar-refractivity contribution in [3.63, 3.8) is 0 Å². The molecule has 0 radical (unpaired) electrons. The summed E-state index contributed by atoms with van der Waals surface area (Å²) in [5.74, 6) is 0. The summed E-state index contributed by atoms with van der Waals surface area (Å²) in [4.78, 5) is 20.0. The topological polar surface area (TPSA) is 53.8 Å². The summed E-state index contributed by atoms with van der Waals surface area (Å²) in [7, 11) is 5.67. The van der Waals surface area contributed by atoms with Gasteiger partial charge in [0.25, 0.3) is 0 Å². The van der Waals surface area contributed by atoms with Crippen molar-refractivity contribution in [2.24, 2.45) is 0 Å². The van der Waals surface area contributed by atoms with Crippen LogP contribution in [0.2, 0.25) is 0 Å². The van der Waals surface area contributed by atoms with Gasteiger partial charge in [0.1, 0.15) is 5.54 Å². The first kappa shape index (κ1) is 15.1. The van der Waals surface area contributed by atoms with Crippen molar-refractivity contribution in [1.82, 2.24) is 19.6 Å². The second-order valence-electron chi connectivity index (χ2n) is 6.10. The van der Waals surface area contributed by atoms with Crippen LogP contribution in [0.4, 0.5) is 4.79 Å². The first-order valence-electron chi connectivity index (χ1n) is 7.29. The molecule has 2 heterocycles. The van der Waals surface area contributed by atoms with Gasteiger partial charge in [-0.25, -0.2) is 4.79 Å². The zero-order chi connectivity index (χ0) is 14.8. The second-order valence-corrected chi connectivity index (χ2v) is 6.10. The van der Waals surface area contributed by atoms with Crippen LogP contribution in [0, 0.1) is 11.3 Å². The van der Waals surface area contributed by atoms with E-state index in [1.807, 2.05) is 4.90 Å². The third-order valence-electron chi connectivity index (χ3n) is 4.56. The van der Waals surface area contributed by atoms with E-state index in [0.717, 1.165) is 39.0 Å². The Morgan fingerprint density at radius 1 is 1.10 bits per heavy atom. The number of nitrogens with zero attached hydrogens (tertiary/aromatic N) is 5. The lowest BCUT2D eigenvalue weighted by Gasteiger charge is -2.47. The number of likely N-dealkylation sites (N-methyl/N-ethyl adjacent to an activating group) is 1. The van der Waals surface area contributed by atoms with Crippen LogP contribution in [-0.2, 0) is 0 Å². The van der Waals surface area contributed by atoms with E-state index in [2.05, 4.69) is 22.9 Å². The number of amides is 2. The van der Waals surface area contributed by atoms with Gasteiger partial charge in [-0.3, -0.25) is 4.90 Å². The van der Waals surface area contributed by atoms with Crippen molar-refractivity contribution in [3.8, 4) is 6.07 Å². The second kappa shape index (κ2) is 5.98. The Kier molecular flexibility index (Phi) is 4.51. The maximum Gasteiger partial charge on any atom is 0.319 e. The summed E-state index contributed by atoms with van der Waals surface area (Å²) >= 11 is 0. The van der Waals surface area contributed by atoms with Crippen molar-refractivity contribution in [2.45, 2.75) is 18.4 Å². The Hall–Kier alpha value is -1.32. The van der Waals surface area contributed by atoms with E-state index in [-0.39, 0.29) is 11.6 Å². The number of urea groups is 1. The molecule has 0 unspecified atom stereocenters. The normalized spacial score (nSPS) is 24.2. The highest BCUT2D eigenvalue weighted by Crippen LogP contribution is 2.29. The minimum atomic E-state index is -0.371. The third kappa shape index (κ3) is 2.89. The predicted molar refractivity (Wildman–Crippen MR) is 77.3 cm³/mol. The summed E-state index contributed by atoms with van der Waals surface area (Å²) in [6.07, 6.45) is 1.51. The molecular formula is C14H25N5O. The molecule has 0 atom stereocenters. The number of hydrogen-bond donors (Lipinski definition) is 0. The van der Waals surface area contributed by atoms with Gasteiger partial charge in [0.05, 0.1) is 6.07 Å². The molecule has 2 aliphatic rings. The lowest BCUT2D eigenvalue weighted by atomic mass is 9.86. The highest BCUT2D eigenvalue weighted by Gasteiger charge is 2.42. The van der Waals surface area contributed by atoms with Gasteiger partial charge in [0, 0.05) is 53.4 Å². The van der Waals surface area contributed by atoms with Gasteiger partial charge in [-0.05, 0) is 19.9 Å². The fourth-order valence-corrected chi connectivity index (χ4v) is 3.08. The maximum absolute atomic E-state index is 12.0. The zero-order valence-electron chi connectivity index (χ0n) is 12.8. The first-order chi connectivity index (χ1) is 9.48. The van der Waals surface area contributed by atoms with Gasteiger partial charge >= 0.3 is 6.03 Å². The van der Waals surface area contributed by atoms with Gasteiger partial charge in [-0.2, -0.15) is 5.26 Å². The van der Waals surface area contributed by atoms with E-state index >= 15 is 0 Å². The molecule has 112 valence electrons. The summed E-state index contributed by atoms with van der Waals surface area (Å²) in [6.45, 7) is 5.29. The Bertz CT molecular complexity index is 387. The fraction of sp³-hybridized carbons (Fsp3) is 0.857. The van der Waals surface area contributed by atoms with Crippen molar-refractivity contribution < 1.29 is 4.79 Å². The molecule has 2 saturated heterocycles. The quantitative estimate of drug-likeness (QED) is 0.691. The third-order valence-corrected chi connectivity index (χ3v) is 4.56. The van der Waals surface area contributed by atoms with Gasteiger partial charge in [0.2, 0.25) is 0 Å². The lowest BCUT2D eigenvalue weighted by molar-refractivity contribution is 0.0328. The molecule has 0 aromatic heterocycles. The van der Waals surface area contributed by atoms with Crippen molar-refractivity contribution >= 4 is 6.03 Å². The Morgan fingerprint density at radius 3 is 2.10 bits per heavy atom. The molecular weight excluding hydrogens is 254 g/mol. The average molecular weight is 279 g/mol. The Balaban J connectivity index is 1.98. The van der Waals surface area contributed by atoms with Gasteiger partial charge in [-0.15, -0.1) is 0 Å². The summed E-state index contributed by atoms with van der Waals surface area (Å²) in [5.41, 5.74) is -0.371. The smallest absolute Gasteiger partial charge is 0.319 e. The van der Waals surface area contributed by atoms with E-state index < -0.39 is 0 Å². The van der Waals surface area contributed by atoms with Gasteiger partial charge in [-0.1, -0.05) is 0 Å². The number of rotatable bonds is 1. The Morgan fingerprint density at radius 2 is 1.65 bits per heavy atom. The fourth-order valence-electron chi connectivity index (χ4n) is 3.08. The van der Waals surface area contributed by atoms with Crippen LogP contribution in [-0.4, -0.2) is 91.6 Å². The molecule has 0 aliphatic carbocycles. The molecule has 2 rings (SSSR count). The molecule has 0 saturated carbocycles. The summed E-state index contributed by atoms with van der Waals surface area (Å²) in [6, 6.07) is 2.60. The van der Waals surface area contributed by atoms with Crippen LogP contribution < -0.4 is 0 Å². The van der Waals surface area contributed by atoms with Gasteiger partial charge in [0.15, 0.2) is 0 Å². The van der Waals surface area contributed by atoms with Crippen LogP contribution in [0.25, 0.3) is 0 Å². The maximum atomic E-state index is 12.0. The zero-order valence-corrected chi connectivity index (χ0v) is 12.8. The molecule has 2 aliphatic heterocycles. The van der Waals surface area contributed by atoms with E-state index in [9.17, 15) is 10.1 Å². The molecule has 6 heteroatoms. The molecule has 0 N–H and O–H groups in total. The standard InChI is InChI=1S/C14H25N5O/c1-16(2)13(20)18-6-4-14(12-15,5-7-18)19-10-8-17(3)9-11-19/h4-11H2,1-3H3. The van der Waals surface area contributed by atoms with Crippen LogP contribution in [0.3, 0.4) is 0 Å². The summed E-state index contributed by atoms with van der Waals surface area (Å²) in [5, 5.41) is 9.67. The number of hydrogen-bond acceptors (Lipinski definition) is 4. The van der Waals surface area contributed by atoms with Crippen molar-refractivity contribution in [3.05, 3.63) is 0 Å². The number of nitriles is 1. The van der Waals surface area contributed by atoms with Gasteiger partial charge < -0.3 is 14.7 Å². The number of carbonyl (C=O) groups is 1. The molecule has 2 amide bonds. The highest BCUT2D eigenvalue weighted by molar-refractivity contribution is 5.74. The van der Waals surface area contributed by atoms with Crippen molar-refractivity contribution in [2.75, 3.05) is 60.4 Å². The molecule has 0 spiro atoms.